The molecule has 0 atom stereocenters. The van der Waals surface area contributed by atoms with Gasteiger partial charge < -0.3 is 10.1 Å². The standard InChI is InChI=1S/C16H20N2O2/c1-12(2)13-4-3-5-14(10-13)18-15(19)16(11-17)6-8-20-9-7-16/h3-5,10,12H,6-9H2,1-2H3,(H,18,19). The Kier molecular flexibility index (Phi) is 4.41. The molecule has 20 heavy (non-hydrogen) atoms. The van der Waals surface area contributed by atoms with Crippen LogP contribution in [0.1, 0.15) is 38.2 Å². The van der Waals surface area contributed by atoms with Gasteiger partial charge in [-0.1, -0.05) is 26.0 Å². The highest BCUT2D eigenvalue weighted by Crippen LogP contribution is 2.31. The zero-order chi connectivity index (χ0) is 14.6. The molecule has 106 valence electrons. The van der Waals surface area contributed by atoms with E-state index in [2.05, 4.69) is 25.2 Å². The van der Waals surface area contributed by atoms with Crippen molar-refractivity contribution in [2.45, 2.75) is 32.6 Å². The van der Waals surface area contributed by atoms with Gasteiger partial charge in [-0.3, -0.25) is 4.79 Å². The highest BCUT2D eigenvalue weighted by atomic mass is 16.5. The van der Waals surface area contributed by atoms with E-state index in [9.17, 15) is 10.1 Å². The van der Waals surface area contributed by atoms with Crippen molar-refractivity contribution in [2.24, 2.45) is 5.41 Å². The Morgan fingerprint density at radius 1 is 1.40 bits per heavy atom. The molecule has 4 heteroatoms. The van der Waals surface area contributed by atoms with Gasteiger partial charge in [0.2, 0.25) is 5.91 Å². The molecule has 0 saturated carbocycles. The number of rotatable bonds is 3. The molecule has 1 amide bonds. The normalized spacial score (nSPS) is 17.5. The summed E-state index contributed by atoms with van der Waals surface area (Å²) < 4.78 is 5.25. The highest BCUT2D eigenvalue weighted by Gasteiger charge is 2.40. The number of nitriles is 1. The topological polar surface area (TPSA) is 62.1 Å². The van der Waals surface area contributed by atoms with Gasteiger partial charge in [0.15, 0.2) is 0 Å². The minimum Gasteiger partial charge on any atom is -0.381 e. The van der Waals surface area contributed by atoms with Gasteiger partial charge in [0.05, 0.1) is 6.07 Å². The lowest BCUT2D eigenvalue weighted by molar-refractivity contribution is -0.126. The van der Waals surface area contributed by atoms with Gasteiger partial charge in [0, 0.05) is 18.9 Å². The monoisotopic (exact) mass is 272 g/mol. The molecule has 2 rings (SSSR count). The van der Waals surface area contributed by atoms with Crippen molar-refractivity contribution in [3.05, 3.63) is 29.8 Å². The van der Waals surface area contributed by atoms with E-state index in [4.69, 9.17) is 4.74 Å². The fourth-order valence-corrected chi connectivity index (χ4v) is 2.34. The van der Waals surface area contributed by atoms with Crippen LogP contribution in [0.15, 0.2) is 24.3 Å². The van der Waals surface area contributed by atoms with Gasteiger partial charge in [-0.25, -0.2) is 0 Å². The number of nitrogens with one attached hydrogen (secondary N) is 1. The van der Waals surface area contributed by atoms with Crippen LogP contribution >= 0.6 is 0 Å². The van der Waals surface area contributed by atoms with Gasteiger partial charge in [0.1, 0.15) is 5.41 Å². The Morgan fingerprint density at radius 2 is 2.10 bits per heavy atom. The number of amides is 1. The number of hydrogen-bond donors (Lipinski definition) is 1. The van der Waals surface area contributed by atoms with Crippen LogP contribution in [-0.2, 0) is 9.53 Å². The molecule has 4 nitrogen and oxygen atoms in total. The third-order valence-corrected chi connectivity index (χ3v) is 3.81. The first-order chi connectivity index (χ1) is 9.57. The van der Waals surface area contributed by atoms with E-state index in [1.165, 1.54) is 5.56 Å². The Bertz CT molecular complexity index is 526. The minimum atomic E-state index is -0.952. The highest BCUT2D eigenvalue weighted by molar-refractivity contribution is 5.97. The Labute approximate surface area is 119 Å². The van der Waals surface area contributed by atoms with Crippen LogP contribution in [0.3, 0.4) is 0 Å². The molecule has 1 heterocycles. The third-order valence-electron chi connectivity index (χ3n) is 3.81. The van der Waals surface area contributed by atoms with E-state index in [0.717, 1.165) is 5.69 Å². The van der Waals surface area contributed by atoms with Crippen molar-refractivity contribution >= 4 is 11.6 Å². The van der Waals surface area contributed by atoms with E-state index in [-0.39, 0.29) is 5.91 Å². The molecule has 0 spiro atoms. The molecular formula is C16H20N2O2. The summed E-state index contributed by atoms with van der Waals surface area (Å²) in [5.74, 6) is 0.184. The Morgan fingerprint density at radius 3 is 2.70 bits per heavy atom. The number of hydrogen-bond acceptors (Lipinski definition) is 3. The number of benzene rings is 1. The van der Waals surface area contributed by atoms with Crippen LogP contribution in [0.5, 0.6) is 0 Å². The second-order valence-electron chi connectivity index (χ2n) is 5.54. The second-order valence-corrected chi connectivity index (χ2v) is 5.54. The molecule has 1 aliphatic heterocycles. The fourth-order valence-electron chi connectivity index (χ4n) is 2.34. The van der Waals surface area contributed by atoms with E-state index in [0.29, 0.717) is 32.0 Å². The molecule has 1 fully saturated rings. The van der Waals surface area contributed by atoms with Crippen molar-refractivity contribution < 1.29 is 9.53 Å². The molecular weight excluding hydrogens is 252 g/mol. The molecule has 1 aliphatic rings. The van der Waals surface area contributed by atoms with Crippen molar-refractivity contribution in [2.75, 3.05) is 18.5 Å². The first kappa shape index (κ1) is 14.5. The number of carbonyl (C=O) groups is 1. The Balaban J connectivity index is 2.14. The van der Waals surface area contributed by atoms with Crippen molar-refractivity contribution in [1.29, 1.82) is 5.26 Å². The lowest BCUT2D eigenvalue weighted by atomic mass is 9.81. The molecule has 0 aromatic heterocycles. The van der Waals surface area contributed by atoms with E-state index in [1.54, 1.807) is 0 Å². The fraction of sp³-hybridized carbons (Fsp3) is 0.500. The van der Waals surface area contributed by atoms with Gasteiger partial charge in [-0.2, -0.15) is 5.26 Å². The van der Waals surface area contributed by atoms with E-state index >= 15 is 0 Å². The summed E-state index contributed by atoms with van der Waals surface area (Å²) in [6.07, 6.45) is 0.915. The molecule has 0 aliphatic carbocycles. The lowest BCUT2D eigenvalue weighted by Gasteiger charge is -2.29. The van der Waals surface area contributed by atoms with Gasteiger partial charge in [0.25, 0.3) is 0 Å². The van der Waals surface area contributed by atoms with Crippen molar-refractivity contribution in [3.63, 3.8) is 0 Å². The van der Waals surface area contributed by atoms with Crippen LogP contribution in [0.25, 0.3) is 0 Å². The zero-order valence-corrected chi connectivity index (χ0v) is 12.0. The molecule has 1 aromatic rings. The number of carbonyl (C=O) groups excluding carboxylic acids is 1. The minimum absolute atomic E-state index is 0.218. The maximum Gasteiger partial charge on any atom is 0.245 e. The summed E-state index contributed by atoms with van der Waals surface area (Å²) in [6, 6.07) is 9.96. The molecule has 1 aromatic carbocycles. The largest absolute Gasteiger partial charge is 0.381 e. The van der Waals surface area contributed by atoms with Crippen molar-refractivity contribution in [3.8, 4) is 6.07 Å². The summed E-state index contributed by atoms with van der Waals surface area (Å²) in [5.41, 5.74) is 0.967. The maximum atomic E-state index is 12.4. The van der Waals surface area contributed by atoms with E-state index in [1.807, 2.05) is 24.3 Å². The average molecular weight is 272 g/mol. The first-order valence-corrected chi connectivity index (χ1v) is 6.98. The van der Waals surface area contributed by atoms with Gasteiger partial charge >= 0.3 is 0 Å². The lowest BCUT2D eigenvalue weighted by Crippen LogP contribution is -2.39. The SMILES string of the molecule is CC(C)c1cccc(NC(=O)C2(C#N)CCOCC2)c1. The number of nitrogens with zero attached hydrogens (tertiary/aromatic N) is 1. The maximum absolute atomic E-state index is 12.4. The molecule has 0 unspecified atom stereocenters. The smallest absolute Gasteiger partial charge is 0.245 e. The summed E-state index contributed by atoms with van der Waals surface area (Å²) in [4.78, 5) is 12.4. The number of anilines is 1. The molecule has 0 radical (unpaired) electrons. The third kappa shape index (κ3) is 3.00. The predicted octanol–water partition coefficient (Wildman–Crippen LogP) is 3.07. The Hall–Kier alpha value is -1.86. The van der Waals surface area contributed by atoms with Crippen LogP contribution in [0.2, 0.25) is 0 Å². The summed E-state index contributed by atoms with van der Waals surface area (Å²) in [7, 11) is 0. The number of ether oxygens (including phenoxy) is 1. The van der Waals surface area contributed by atoms with Crippen LogP contribution in [-0.4, -0.2) is 19.1 Å². The quantitative estimate of drug-likeness (QED) is 0.919. The zero-order valence-electron chi connectivity index (χ0n) is 12.0. The van der Waals surface area contributed by atoms with E-state index < -0.39 is 5.41 Å². The predicted molar refractivity (Wildman–Crippen MR) is 77.3 cm³/mol. The second kappa shape index (κ2) is 6.06. The van der Waals surface area contributed by atoms with Crippen LogP contribution in [0, 0.1) is 16.7 Å². The van der Waals surface area contributed by atoms with Crippen LogP contribution in [0.4, 0.5) is 5.69 Å². The van der Waals surface area contributed by atoms with Crippen LogP contribution < -0.4 is 5.32 Å². The summed E-state index contributed by atoms with van der Waals surface area (Å²) >= 11 is 0. The first-order valence-electron chi connectivity index (χ1n) is 6.98. The summed E-state index contributed by atoms with van der Waals surface area (Å²) in [6.45, 7) is 5.15. The van der Waals surface area contributed by atoms with Crippen molar-refractivity contribution in [1.82, 2.24) is 0 Å². The molecule has 1 N–H and O–H groups in total. The molecule has 0 bridgehead atoms. The van der Waals surface area contributed by atoms with Gasteiger partial charge in [-0.15, -0.1) is 0 Å². The van der Waals surface area contributed by atoms with Gasteiger partial charge in [-0.05, 0) is 36.5 Å². The summed E-state index contributed by atoms with van der Waals surface area (Å²) in [5, 5.41) is 12.2. The average Bonchev–Trinajstić information content (AvgIpc) is 2.48. The molecule has 1 saturated heterocycles.